The number of rotatable bonds is 2. The van der Waals surface area contributed by atoms with Crippen LogP contribution in [0, 0.1) is 0 Å². The molecule has 1 fully saturated rings. The Hall–Kier alpha value is -1.75. The van der Waals surface area contributed by atoms with E-state index >= 15 is 0 Å². The SMILES string of the molecule is NC1CC(Nc2ccc3c(c2)NC(=O)CO3)C1. The molecule has 1 saturated carbocycles. The third-order valence-electron chi connectivity index (χ3n) is 3.16. The van der Waals surface area contributed by atoms with Crippen LogP contribution in [-0.4, -0.2) is 24.6 Å². The van der Waals surface area contributed by atoms with E-state index in [4.69, 9.17) is 10.5 Å². The summed E-state index contributed by atoms with van der Waals surface area (Å²) in [5.74, 6) is 0.612. The monoisotopic (exact) mass is 233 g/mol. The molecule has 5 heteroatoms. The van der Waals surface area contributed by atoms with Crippen molar-refractivity contribution in [3.63, 3.8) is 0 Å². The van der Waals surface area contributed by atoms with Crippen LogP contribution in [0.3, 0.4) is 0 Å². The average molecular weight is 233 g/mol. The molecule has 4 N–H and O–H groups in total. The van der Waals surface area contributed by atoms with E-state index in [-0.39, 0.29) is 12.5 Å². The number of benzene rings is 1. The van der Waals surface area contributed by atoms with Crippen LogP contribution in [0.15, 0.2) is 18.2 Å². The van der Waals surface area contributed by atoms with Crippen molar-refractivity contribution >= 4 is 17.3 Å². The Kier molecular flexibility index (Phi) is 2.40. The van der Waals surface area contributed by atoms with Gasteiger partial charge in [0.25, 0.3) is 5.91 Å². The lowest BCUT2D eigenvalue weighted by Crippen LogP contribution is -2.44. The highest BCUT2D eigenvalue weighted by molar-refractivity contribution is 5.96. The second kappa shape index (κ2) is 3.92. The zero-order valence-corrected chi connectivity index (χ0v) is 9.40. The fourth-order valence-corrected chi connectivity index (χ4v) is 2.19. The van der Waals surface area contributed by atoms with Gasteiger partial charge in [-0.25, -0.2) is 0 Å². The molecule has 0 aromatic heterocycles. The van der Waals surface area contributed by atoms with Crippen LogP contribution in [0.2, 0.25) is 0 Å². The van der Waals surface area contributed by atoms with Crippen molar-refractivity contribution < 1.29 is 9.53 Å². The second-order valence-corrected chi connectivity index (χ2v) is 4.62. The molecule has 3 rings (SSSR count). The molecule has 0 unspecified atom stereocenters. The Morgan fingerprint density at radius 2 is 2.24 bits per heavy atom. The predicted octanol–water partition coefficient (Wildman–Crippen LogP) is 0.919. The molecule has 1 heterocycles. The standard InChI is InChI=1S/C12H15N3O2/c13-7-3-9(4-7)14-8-1-2-11-10(5-8)15-12(16)6-17-11/h1-2,5,7,9,14H,3-4,6,13H2,(H,15,16). The first-order chi connectivity index (χ1) is 8.20. The molecular weight excluding hydrogens is 218 g/mol. The van der Waals surface area contributed by atoms with E-state index in [1.807, 2.05) is 18.2 Å². The number of carbonyl (C=O) groups is 1. The summed E-state index contributed by atoms with van der Waals surface area (Å²) in [4.78, 5) is 11.2. The number of amides is 1. The van der Waals surface area contributed by atoms with Crippen molar-refractivity contribution in [2.75, 3.05) is 17.2 Å². The quantitative estimate of drug-likeness (QED) is 0.710. The van der Waals surface area contributed by atoms with Crippen molar-refractivity contribution in [1.82, 2.24) is 0 Å². The number of nitrogens with one attached hydrogen (secondary N) is 2. The summed E-state index contributed by atoms with van der Waals surface area (Å²) in [6.07, 6.45) is 2.00. The zero-order chi connectivity index (χ0) is 11.8. The smallest absolute Gasteiger partial charge is 0.262 e. The second-order valence-electron chi connectivity index (χ2n) is 4.62. The summed E-state index contributed by atoms with van der Waals surface area (Å²) in [6.45, 7) is 0.0945. The highest BCUT2D eigenvalue weighted by Gasteiger charge is 2.26. The summed E-state index contributed by atoms with van der Waals surface area (Å²) in [6, 6.07) is 6.50. The van der Waals surface area contributed by atoms with Crippen LogP contribution < -0.4 is 21.1 Å². The van der Waals surface area contributed by atoms with E-state index in [9.17, 15) is 4.79 Å². The fraction of sp³-hybridized carbons (Fsp3) is 0.417. The Bertz CT molecular complexity index is 455. The predicted molar refractivity (Wildman–Crippen MR) is 65.2 cm³/mol. The minimum absolute atomic E-state index is 0.0945. The highest BCUT2D eigenvalue weighted by atomic mass is 16.5. The lowest BCUT2D eigenvalue weighted by molar-refractivity contribution is -0.118. The maximum atomic E-state index is 11.2. The van der Waals surface area contributed by atoms with Gasteiger partial charge in [-0.2, -0.15) is 0 Å². The normalized spacial score (nSPS) is 26.3. The van der Waals surface area contributed by atoms with E-state index in [1.165, 1.54) is 0 Å². The van der Waals surface area contributed by atoms with E-state index in [1.54, 1.807) is 0 Å². The largest absolute Gasteiger partial charge is 0.482 e. The van der Waals surface area contributed by atoms with Crippen molar-refractivity contribution in [2.24, 2.45) is 5.73 Å². The molecule has 1 aromatic rings. The zero-order valence-electron chi connectivity index (χ0n) is 9.40. The van der Waals surface area contributed by atoms with E-state index in [0.717, 1.165) is 30.0 Å². The third kappa shape index (κ3) is 2.06. The maximum Gasteiger partial charge on any atom is 0.262 e. The molecule has 1 aromatic carbocycles. The number of hydrogen-bond donors (Lipinski definition) is 3. The number of carbonyl (C=O) groups excluding carboxylic acids is 1. The van der Waals surface area contributed by atoms with Crippen LogP contribution in [0.1, 0.15) is 12.8 Å². The van der Waals surface area contributed by atoms with Crippen molar-refractivity contribution in [1.29, 1.82) is 0 Å². The summed E-state index contributed by atoms with van der Waals surface area (Å²) >= 11 is 0. The van der Waals surface area contributed by atoms with E-state index in [2.05, 4.69) is 10.6 Å². The highest BCUT2D eigenvalue weighted by Crippen LogP contribution is 2.32. The van der Waals surface area contributed by atoms with E-state index in [0.29, 0.717) is 12.1 Å². The average Bonchev–Trinajstić information content (AvgIpc) is 2.26. The summed E-state index contributed by atoms with van der Waals surface area (Å²) < 4.78 is 5.29. The summed E-state index contributed by atoms with van der Waals surface area (Å²) in [7, 11) is 0. The van der Waals surface area contributed by atoms with Gasteiger partial charge in [0.2, 0.25) is 0 Å². The van der Waals surface area contributed by atoms with Crippen molar-refractivity contribution in [2.45, 2.75) is 24.9 Å². The molecule has 0 radical (unpaired) electrons. The van der Waals surface area contributed by atoms with Gasteiger partial charge in [0, 0.05) is 17.8 Å². The third-order valence-corrected chi connectivity index (χ3v) is 3.16. The molecule has 0 spiro atoms. The van der Waals surface area contributed by atoms with Gasteiger partial charge in [-0.15, -0.1) is 0 Å². The molecule has 0 saturated heterocycles. The van der Waals surface area contributed by atoms with Crippen LogP contribution in [0.5, 0.6) is 5.75 Å². The van der Waals surface area contributed by atoms with Gasteiger partial charge in [0.1, 0.15) is 5.75 Å². The van der Waals surface area contributed by atoms with Gasteiger partial charge in [-0.1, -0.05) is 0 Å². The van der Waals surface area contributed by atoms with Gasteiger partial charge in [0.15, 0.2) is 6.61 Å². The molecule has 0 atom stereocenters. The number of ether oxygens (including phenoxy) is 1. The number of nitrogens with two attached hydrogens (primary N) is 1. The molecule has 1 amide bonds. The van der Waals surface area contributed by atoms with Gasteiger partial charge in [-0.05, 0) is 31.0 Å². The number of anilines is 2. The maximum absolute atomic E-state index is 11.2. The van der Waals surface area contributed by atoms with Crippen LogP contribution in [0.4, 0.5) is 11.4 Å². The van der Waals surface area contributed by atoms with Crippen LogP contribution >= 0.6 is 0 Å². The Morgan fingerprint density at radius 3 is 3.00 bits per heavy atom. The molecular formula is C12H15N3O2. The van der Waals surface area contributed by atoms with Gasteiger partial charge >= 0.3 is 0 Å². The Balaban J connectivity index is 1.73. The summed E-state index contributed by atoms with van der Waals surface area (Å²) in [5.41, 5.74) is 7.46. The van der Waals surface area contributed by atoms with Crippen LogP contribution in [0.25, 0.3) is 0 Å². The first-order valence-electron chi connectivity index (χ1n) is 5.79. The van der Waals surface area contributed by atoms with Crippen molar-refractivity contribution in [3.8, 4) is 5.75 Å². The molecule has 0 bridgehead atoms. The molecule has 5 nitrogen and oxygen atoms in total. The minimum atomic E-state index is -0.111. The lowest BCUT2D eigenvalue weighted by Gasteiger charge is -2.34. The fourth-order valence-electron chi connectivity index (χ4n) is 2.19. The first kappa shape index (κ1) is 10.4. The Morgan fingerprint density at radius 1 is 1.41 bits per heavy atom. The minimum Gasteiger partial charge on any atom is -0.482 e. The topological polar surface area (TPSA) is 76.4 Å². The van der Waals surface area contributed by atoms with Gasteiger partial charge in [0.05, 0.1) is 5.69 Å². The first-order valence-corrected chi connectivity index (χ1v) is 5.79. The molecule has 17 heavy (non-hydrogen) atoms. The number of hydrogen-bond acceptors (Lipinski definition) is 4. The molecule has 2 aliphatic rings. The summed E-state index contributed by atoms with van der Waals surface area (Å²) in [5, 5.41) is 6.18. The van der Waals surface area contributed by atoms with E-state index < -0.39 is 0 Å². The Labute approximate surface area is 99.3 Å². The number of fused-ring (bicyclic) bond motifs is 1. The van der Waals surface area contributed by atoms with Crippen LogP contribution in [-0.2, 0) is 4.79 Å². The molecule has 1 aliphatic heterocycles. The molecule has 90 valence electrons. The lowest BCUT2D eigenvalue weighted by atomic mass is 9.87. The van der Waals surface area contributed by atoms with Gasteiger partial charge in [-0.3, -0.25) is 4.79 Å². The van der Waals surface area contributed by atoms with Crippen molar-refractivity contribution in [3.05, 3.63) is 18.2 Å². The van der Waals surface area contributed by atoms with Gasteiger partial charge < -0.3 is 21.1 Å². The molecule has 1 aliphatic carbocycles.